The molecule has 0 amide bonds. The molecule has 0 saturated carbocycles. The fourth-order valence-electron chi connectivity index (χ4n) is 1.57. The van der Waals surface area contributed by atoms with Gasteiger partial charge in [0.05, 0.1) is 20.3 Å². The number of carbonyl (C=O) groups excluding carboxylic acids is 1. The summed E-state index contributed by atoms with van der Waals surface area (Å²) in [4.78, 5) is 11.3. The first-order valence-corrected chi connectivity index (χ1v) is 5.11. The predicted octanol–water partition coefficient (Wildman–Crippen LogP) is 1.36. The second-order valence-corrected chi connectivity index (χ2v) is 3.52. The summed E-state index contributed by atoms with van der Waals surface area (Å²) in [5.41, 5.74) is 5.09. The highest BCUT2D eigenvalue weighted by Gasteiger charge is 2.24. The van der Waals surface area contributed by atoms with Crippen molar-refractivity contribution in [3.05, 3.63) is 17.4 Å². The smallest absolute Gasteiger partial charge is 0.341 e. The molecule has 1 aliphatic rings. The molecule has 2 rings (SSSR count). The zero-order valence-electron chi connectivity index (χ0n) is 9.29. The minimum absolute atomic E-state index is 0.146. The average Bonchev–Trinajstić information content (AvgIpc) is 2.58. The molecule has 0 aliphatic carbocycles. The van der Waals surface area contributed by atoms with Gasteiger partial charge in [-0.2, -0.15) is 0 Å². The Hall–Kier alpha value is -1.98. The Morgan fingerprint density at radius 3 is 2.88 bits per heavy atom. The van der Waals surface area contributed by atoms with Crippen LogP contribution in [-0.2, 0) is 4.74 Å². The minimum atomic E-state index is -0.846. The van der Waals surface area contributed by atoms with Gasteiger partial charge in [-0.05, 0) is 0 Å². The first-order valence-electron chi connectivity index (χ1n) is 5.11. The van der Waals surface area contributed by atoms with Crippen molar-refractivity contribution in [1.29, 1.82) is 0 Å². The average molecular weight is 241 g/mol. The van der Waals surface area contributed by atoms with Crippen LogP contribution in [0.15, 0.2) is 6.07 Å². The van der Waals surface area contributed by atoms with Gasteiger partial charge in [-0.1, -0.05) is 0 Å². The maximum absolute atomic E-state index is 13.8. The third-order valence-electron chi connectivity index (χ3n) is 2.41. The number of hydrogen-bond acceptors (Lipinski definition) is 5. The van der Waals surface area contributed by atoms with Crippen LogP contribution >= 0.6 is 0 Å². The zero-order chi connectivity index (χ0) is 12.4. The Bertz CT molecular complexity index is 461. The molecule has 0 saturated heterocycles. The number of methoxy groups -OCH3 is 1. The van der Waals surface area contributed by atoms with Crippen LogP contribution in [-0.4, -0.2) is 26.3 Å². The molecule has 17 heavy (non-hydrogen) atoms. The fraction of sp³-hybridized carbons (Fsp3) is 0.364. The third kappa shape index (κ3) is 1.98. The van der Waals surface area contributed by atoms with Crippen molar-refractivity contribution in [2.45, 2.75) is 6.42 Å². The summed E-state index contributed by atoms with van der Waals surface area (Å²) >= 11 is 0. The summed E-state index contributed by atoms with van der Waals surface area (Å²) in [5.74, 6) is -1.24. The molecule has 1 heterocycles. The molecule has 0 unspecified atom stereocenters. The molecule has 5 nitrogen and oxygen atoms in total. The number of ether oxygens (including phenoxy) is 3. The molecule has 6 heteroatoms. The highest BCUT2D eigenvalue weighted by molar-refractivity contribution is 5.92. The van der Waals surface area contributed by atoms with Crippen LogP contribution in [0.3, 0.4) is 0 Å². The monoisotopic (exact) mass is 241 g/mol. The Labute approximate surface area is 97.3 Å². The van der Waals surface area contributed by atoms with E-state index in [0.717, 1.165) is 0 Å². The molecular weight excluding hydrogens is 229 g/mol. The number of halogens is 1. The van der Waals surface area contributed by atoms with Gasteiger partial charge in [0.15, 0.2) is 17.3 Å². The number of esters is 1. The number of benzene rings is 1. The largest absolute Gasteiger partial charge is 0.489 e. The van der Waals surface area contributed by atoms with E-state index in [9.17, 15) is 9.18 Å². The lowest BCUT2D eigenvalue weighted by atomic mass is 10.1. The minimum Gasteiger partial charge on any atom is -0.489 e. The summed E-state index contributed by atoms with van der Waals surface area (Å²) in [6.07, 6.45) is 0.670. The van der Waals surface area contributed by atoms with Crippen molar-refractivity contribution in [3.63, 3.8) is 0 Å². The van der Waals surface area contributed by atoms with Crippen molar-refractivity contribution in [2.24, 2.45) is 0 Å². The van der Waals surface area contributed by atoms with E-state index in [0.29, 0.717) is 19.6 Å². The molecule has 0 fully saturated rings. The van der Waals surface area contributed by atoms with Crippen LogP contribution in [0, 0.1) is 5.82 Å². The predicted molar refractivity (Wildman–Crippen MR) is 57.8 cm³/mol. The molecule has 1 aliphatic heterocycles. The van der Waals surface area contributed by atoms with Crippen molar-refractivity contribution in [3.8, 4) is 11.5 Å². The first-order chi connectivity index (χ1) is 8.15. The summed E-state index contributed by atoms with van der Waals surface area (Å²) in [6.45, 7) is 0.826. The van der Waals surface area contributed by atoms with E-state index in [1.165, 1.54) is 13.2 Å². The van der Waals surface area contributed by atoms with Crippen molar-refractivity contribution in [2.75, 3.05) is 26.1 Å². The van der Waals surface area contributed by atoms with Crippen molar-refractivity contribution >= 4 is 11.7 Å². The summed E-state index contributed by atoms with van der Waals surface area (Å²) in [5, 5.41) is 0. The van der Waals surface area contributed by atoms with Crippen molar-refractivity contribution < 1.29 is 23.4 Å². The highest BCUT2D eigenvalue weighted by atomic mass is 19.1. The Morgan fingerprint density at radius 2 is 2.18 bits per heavy atom. The van der Waals surface area contributed by atoms with Crippen LogP contribution in [0.25, 0.3) is 0 Å². The van der Waals surface area contributed by atoms with Gasteiger partial charge in [0, 0.05) is 12.5 Å². The van der Waals surface area contributed by atoms with E-state index in [-0.39, 0.29) is 22.7 Å². The SMILES string of the molecule is COC(=O)c1cc2c(c(N)c1F)OCCCO2. The number of nitrogens with two attached hydrogens (primary N) is 1. The molecule has 2 N–H and O–H groups in total. The number of hydrogen-bond donors (Lipinski definition) is 1. The molecule has 0 radical (unpaired) electrons. The second kappa shape index (κ2) is 4.48. The van der Waals surface area contributed by atoms with Crippen molar-refractivity contribution in [1.82, 2.24) is 0 Å². The lowest BCUT2D eigenvalue weighted by Crippen LogP contribution is -2.09. The van der Waals surface area contributed by atoms with Crippen LogP contribution in [0.5, 0.6) is 11.5 Å². The van der Waals surface area contributed by atoms with Gasteiger partial charge in [0.25, 0.3) is 0 Å². The van der Waals surface area contributed by atoms with E-state index in [1.54, 1.807) is 0 Å². The number of carbonyl (C=O) groups is 1. The standard InChI is InChI=1S/C11H12FNO4/c1-15-11(14)6-5-7-10(9(13)8(6)12)17-4-2-3-16-7/h5H,2-4,13H2,1H3. The van der Waals surface area contributed by atoms with Gasteiger partial charge >= 0.3 is 5.97 Å². The summed E-state index contributed by atoms with van der Waals surface area (Å²) in [7, 11) is 1.17. The van der Waals surface area contributed by atoms with Crippen LogP contribution in [0.4, 0.5) is 10.1 Å². The Morgan fingerprint density at radius 1 is 1.47 bits per heavy atom. The number of rotatable bonds is 1. The zero-order valence-corrected chi connectivity index (χ0v) is 9.29. The normalized spacial score (nSPS) is 14.0. The van der Waals surface area contributed by atoms with Gasteiger partial charge in [-0.15, -0.1) is 0 Å². The summed E-state index contributed by atoms with van der Waals surface area (Å²) < 4.78 is 28.9. The van der Waals surface area contributed by atoms with Crippen LogP contribution in [0.2, 0.25) is 0 Å². The van der Waals surface area contributed by atoms with E-state index < -0.39 is 11.8 Å². The lowest BCUT2D eigenvalue weighted by Gasteiger charge is -2.12. The fourth-order valence-corrected chi connectivity index (χ4v) is 1.57. The number of fused-ring (bicyclic) bond motifs is 1. The molecule has 1 aromatic rings. The maximum Gasteiger partial charge on any atom is 0.341 e. The molecule has 0 aromatic heterocycles. The Kier molecular flexibility index (Phi) is 3.03. The maximum atomic E-state index is 13.8. The molecule has 0 atom stereocenters. The Balaban J connectivity index is 2.55. The molecule has 92 valence electrons. The molecule has 0 bridgehead atoms. The van der Waals surface area contributed by atoms with Gasteiger partial charge in [0.2, 0.25) is 0 Å². The van der Waals surface area contributed by atoms with E-state index in [2.05, 4.69) is 4.74 Å². The molecule has 1 aromatic carbocycles. The number of anilines is 1. The quantitative estimate of drug-likeness (QED) is 0.593. The highest BCUT2D eigenvalue weighted by Crippen LogP contribution is 2.39. The molecule has 0 spiro atoms. The summed E-state index contributed by atoms with van der Waals surface area (Å²) in [6, 6.07) is 1.25. The van der Waals surface area contributed by atoms with Crippen LogP contribution in [0.1, 0.15) is 16.8 Å². The van der Waals surface area contributed by atoms with E-state index >= 15 is 0 Å². The van der Waals surface area contributed by atoms with Crippen LogP contribution < -0.4 is 15.2 Å². The molecular formula is C11H12FNO4. The van der Waals surface area contributed by atoms with Gasteiger partial charge < -0.3 is 19.9 Å². The number of nitrogen functional groups attached to an aromatic ring is 1. The lowest BCUT2D eigenvalue weighted by molar-refractivity contribution is 0.0595. The topological polar surface area (TPSA) is 70.8 Å². The third-order valence-corrected chi connectivity index (χ3v) is 2.41. The second-order valence-electron chi connectivity index (χ2n) is 3.52. The first kappa shape index (κ1) is 11.5. The van der Waals surface area contributed by atoms with E-state index in [1.807, 2.05) is 0 Å². The van der Waals surface area contributed by atoms with Gasteiger partial charge in [-0.25, -0.2) is 9.18 Å². The van der Waals surface area contributed by atoms with E-state index in [4.69, 9.17) is 15.2 Å². The van der Waals surface area contributed by atoms with Gasteiger partial charge in [-0.3, -0.25) is 0 Å². The van der Waals surface area contributed by atoms with Gasteiger partial charge in [0.1, 0.15) is 11.3 Å².